The van der Waals surface area contributed by atoms with Gasteiger partial charge in [0.2, 0.25) is 11.8 Å². The Morgan fingerprint density at radius 3 is 2.65 bits per heavy atom. The molecule has 26 heavy (non-hydrogen) atoms. The normalized spacial score (nSPS) is 18.5. The van der Waals surface area contributed by atoms with E-state index in [0.717, 1.165) is 47.0 Å². The molecule has 1 amide bonds. The highest BCUT2D eigenvalue weighted by atomic mass is 16.5. The van der Waals surface area contributed by atoms with Crippen LogP contribution in [0.3, 0.4) is 0 Å². The number of amides is 1. The van der Waals surface area contributed by atoms with Crippen molar-refractivity contribution >= 4 is 5.91 Å². The van der Waals surface area contributed by atoms with Crippen LogP contribution in [0, 0.1) is 20.8 Å². The summed E-state index contributed by atoms with van der Waals surface area (Å²) in [6, 6.07) is 3.79. The van der Waals surface area contributed by atoms with E-state index in [1.54, 1.807) is 12.0 Å². The number of aromatic nitrogens is 1. The van der Waals surface area contributed by atoms with Crippen LogP contribution in [-0.4, -0.2) is 54.0 Å². The molecule has 6 nitrogen and oxygen atoms in total. The fourth-order valence-electron chi connectivity index (χ4n) is 3.40. The smallest absolute Gasteiger partial charge is 0.239 e. The highest BCUT2D eigenvalue weighted by Gasteiger charge is 2.30. The summed E-state index contributed by atoms with van der Waals surface area (Å²) in [4.78, 5) is 20.9. The van der Waals surface area contributed by atoms with Crippen LogP contribution >= 0.6 is 0 Å². The van der Waals surface area contributed by atoms with Gasteiger partial charge in [-0.05, 0) is 51.0 Å². The Labute approximate surface area is 154 Å². The number of likely N-dealkylation sites (N-methyl/N-ethyl adjacent to an activating group) is 1. The van der Waals surface area contributed by atoms with Crippen LogP contribution in [0.25, 0.3) is 11.5 Å². The van der Waals surface area contributed by atoms with Crippen molar-refractivity contribution < 1.29 is 13.9 Å². The monoisotopic (exact) mass is 357 g/mol. The fraction of sp³-hybridized carbons (Fsp3) is 0.500. The van der Waals surface area contributed by atoms with Crippen LogP contribution in [0.2, 0.25) is 0 Å². The van der Waals surface area contributed by atoms with Gasteiger partial charge in [0.25, 0.3) is 0 Å². The summed E-state index contributed by atoms with van der Waals surface area (Å²) in [5.74, 6) is 2.43. The first-order chi connectivity index (χ1) is 12.3. The summed E-state index contributed by atoms with van der Waals surface area (Å²) >= 11 is 0. The highest BCUT2D eigenvalue weighted by Crippen LogP contribution is 2.32. The number of benzene rings is 1. The van der Waals surface area contributed by atoms with Gasteiger partial charge in [0.1, 0.15) is 11.5 Å². The van der Waals surface area contributed by atoms with Gasteiger partial charge in [-0.3, -0.25) is 9.69 Å². The van der Waals surface area contributed by atoms with Gasteiger partial charge in [0, 0.05) is 32.2 Å². The van der Waals surface area contributed by atoms with Crippen LogP contribution in [0.5, 0.6) is 5.75 Å². The molecule has 0 aliphatic carbocycles. The summed E-state index contributed by atoms with van der Waals surface area (Å²) in [5.41, 5.74) is 4.04. The molecule has 0 N–H and O–H groups in total. The van der Waals surface area contributed by atoms with Crippen molar-refractivity contribution in [1.29, 1.82) is 0 Å². The summed E-state index contributed by atoms with van der Waals surface area (Å²) in [5, 5.41) is 0. The molecule has 1 atom stereocenters. The van der Waals surface area contributed by atoms with E-state index in [2.05, 4.69) is 4.90 Å². The number of rotatable bonds is 4. The van der Waals surface area contributed by atoms with E-state index in [-0.39, 0.29) is 11.9 Å². The van der Waals surface area contributed by atoms with Crippen molar-refractivity contribution in [3.05, 3.63) is 34.7 Å². The zero-order chi connectivity index (χ0) is 19.0. The molecule has 0 unspecified atom stereocenters. The maximum Gasteiger partial charge on any atom is 0.239 e. The lowest BCUT2D eigenvalue weighted by Crippen LogP contribution is -2.53. The molecule has 1 fully saturated rings. The Kier molecular flexibility index (Phi) is 5.05. The first kappa shape index (κ1) is 18.5. The average molecular weight is 357 g/mol. The molecule has 0 spiro atoms. The van der Waals surface area contributed by atoms with Gasteiger partial charge in [-0.1, -0.05) is 0 Å². The number of oxazole rings is 1. The summed E-state index contributed by atoms with van der Waals surface area (Å²) in [6.07, 6.45) is 0. The van der Waals surface area contributed by atoms with Crippen molar-refractivity contribution in [3.63, 3.8) is 0 Å². The van der Waals surface area contributed by atoms with Gasteiger partial charge in [-0.2, -0.15) is 0 Å². The van der Waals surface area contributed by atoms with Crippen molar-refractivity contribution in [3.8, 4) is 17.2 Å². The van der Waals surface area contributed by atoms with E-state index in [0.29, 0.717) is 12.4 Å². The lowest BCUT2D eigenvalue weighted by Gasteiger charge is -2.36. The third-order valence-electron chi connectivity index (χ3n) is 5.44. The Morgan fingerprint density at radius 2 is 1.96 bits per heavy atom. The number of hydrogen-bond donors (Lipinski definition) is 0. The lowest BCUT2D eigenvalue weighted by atomic mass is 10.0. The van der Waals surface area contributed by atoms with Crippen LogP contribution in [0.15, 0.2) is 16.5 Å². The number of nitrogens with zero attached hydrogens (tertiary/aromatic N) is 3. The molecule has 0 radical (unpaired) electrons. The van der Waals surface area contributed by atoms with E-state index in [4.69, 9.17) is 14.1 Å². The number of carbonyl (C=O) groups excluding carboxylic acids is 1. The lowest BCUT2D eigenvalue weighted by molar-refractivity contribution is -0.139. The maximum atomic E-state index is 12.2. The van der Waals surface area contributed by atoms with Crippen LogP contribution in [0.1, 0.15) is 29.5 Å². The minimum Gasteiger partial charge on any atom is -0.496 e. The minimum atomic E-state index is -0.140. The maximum absolute atomic E-state index is 12.2. The van der Waals surface area contributed by atoms with Crippen LogP contribution in [0.4, 0.5) is 0 Å². The van der Waals surface area contributed by atoms with Gasteiger partial charge in [-0.25, -0.2) is 4.98 Å². The molecule has 0 bridgehead atoms. The van der Waals surface area contributed by atoms with E-state index in [9.17, 15) is 4.79 Å². The van der Waals surface area contributed by atoms with Gasteiger partial charge < -0.3 is 14.1 Å². The molecule has 1 aliphatic rings. The predicted octanol–water partition coefficient (Wildman–Crippen LogP) is 2.94. The van der Waals surface area contributed by atoms with Crippen molar-refractivity contribution in [2.24, 2.45) is 0 Å². The second kappa shape index (κ2) is 7.11. The standard InChI is InChI=1S/C20H27N3O3/c1-12-13(2)18(25-6)8-7-16(12)19-21-17(15(4)26-19)11-23-10-9-22(5)20(24)14(23)3/h7-8,14H,9-11H2,1-6H3/t14-/m0/s1. The van der Waals surface area contributed by atoms with Gasteiger partial charge in [0.15, 0.2) is 0 Å². The third kappa shape index (κ3) is 3.21. The molecule has 2 heterocycles. The van der Waals surface area contributed by atoms with Gasteiger partial charge in [0.05, 0.1) is 18.8 Å². The highest BCUT2D eigenvalue weighted by molar-refractivity contribution is 5.81. The van der Waals surface area contributed by atoms with Crippen molar-refractivity contribution in [2.75, 3.05) is 27.2 Å². The van der Waals surface area contributed by atoms with Gasteiger partial charge >= 0.3 is 0 Å². The number of aryl methyl sites for hydroxylation is 1. The predicted molar refractivity (Wildman–Crippen MR) is 100 cm³/mol. The molecular weight excluding hydrogens is 330 g/mol. The number of piperazine rings is 1. The topological polar surface area (TPSA) is 58.8 Å². The number of hydrogen-bond acceptors (Lipinski definition) is 5. The molecular formula is C20H27N3O3. The van der Waals surface area contributed by atoms with Crippen molar-refractivity contribution in [2.45, 2.75) is 40.3 Å². The Morgan fingerprint density at radius 1 is 1.23 bits per heavy atom. The molecule has 1 aromatic heterocycles. The van der Waals surface area contributed by atoms with E-state index in [1.807, 2.05) is 46.9 Å². The second-order valence-corrected chi connectivity index (χ2v) is 6.99. The van der Waals surface area contributed by atoms with E-state index in [1.165, 1.54) is 0 Å². The molecule has 3 rings (SSSR count). The zero-order valence-corrected chi connectivity index (χ0v) is 16.4. The first-order valence-electron chi connectivity index (χ1n) is 8.93. The Balaban J connectivity index is 1.86. The quantitative estimate of drug-likeness (QED) is 0.842. The summed E-state index contributed by atoms with van der Waals surface area (Å²) in [6.45, 7) is 10.2. The zero-order valence-electron chi connectivity index (χ0n) is 16.4. The molecule has 140 valence electrons. The van der Waals surface area contributed by atoms with E-state index < -0.39 is 0 Å². The number of methoxy groups -OCH3 is 1. The number of ether oxygens (including phenoxy) is 1. The third-order valence-corrected chi connectivity index (χ3v) is 5.44. The summed E-state index contributed by atoms with van der Waals surface area (Å²) in [7, 11) is 3.53. The van der Waals surface area contributed by atoms with Crippen LogP contribution < -0.4 is 4.74 Å². The van der Waals surface area contributed by atoms with E-state index >= 15 is 0 Å². The molecule has 1 aliphatic heterocycles. The Bertz CT molecular complexity index is 828. The first-order valence-corrected chi connectivity index (χ1v) is 8.93. The molecule has 1 saturated heterocycles. The second-order valence-electron chi connectivity index (χ2n) is 6.99. The molecule has 6 heteroatoms. The van der Waals surface area contributed by atoms with Gasteiger partial charge in [-0.15, -0.1) is 0 Å². The molecule has 0 saturated carbocycles. The fourth-order valence-corrected chi connectivity index (χ4v) is 3.40. The Hall–Kier alpha value is -2.34. The largest absolute Gasteiger partial charge is 0.496 e. The van der Waals surface area contributed by atoms with Crippen LogP contribution in [-0.2, 0) is 11.3 Å². The molecule has 2 aromatic rings. The molecule has 1 aromatic carbocycles. The van der Waals surface area contributed by atoms with Crippen molar-refractivity contribution in [1.82, 2.24) is 14.8 Å². The summed E-state index contributed by atoms with van der Waals surface area (Å²) < 4.78 is 11.3. The minimum absolute atomic E-state index is 0.140. The SMILES string of the molecule is COc1ccc(-c2nc(CN3CCN(C)C(=O)[C@@H]3C)c(C)o2)c(C)c1C. The number of carbonyl (C=O) groups is 1. The average Bonchev–Trinajstić information content (AvgIpc) is 2.98.